The number of aromatic nitrogens is 5. The number of nitrogen functional groups attached to an aromatic ring is 1. The molecule has 0 bridgehead atoms. The molecule has 1 atom stereocenters. The second kappa shape index (κ2) is 6.26. The molecular formula is C11H18N8O. The number of nitrogens with one attached hydrogen (secondary N) is 1. The van der Waals surface area contributed by atoms with Crippen LogP contribution in [0.25, 0.3) is 5.95 Å². The third kappa shape index (κ3) is 3.39. The molecule has 9 nitrogen and oxygen atoms in total. The van der Waals surface area contributed by atoms with Crippen LogP contribution in [0.3, 0.4) is 0 Å². The van der Waals surface area contributed by atoms with E-state index < -0.39 is 0 Å². The van der Waals surface area contributed by atoms with Crippen LogP contribution in [0.4, 0.5) is 11.9 Å². The van der Waals surface area contributed by atoms with Crippen LogP contribution in [0, 0.1) is 0 Å². The van der Waals surface area contributed by atoms with Gasteiger partial charge in [-0.3, -0.25) is 9.99 Å². The lowest BCUT2D eigenvalue weighted by Gasteiger charge is -2.18. The number of rotatable bonds is 6. The maximum absolute atomic E-state index is 9.33. The zero-order chi connectivity index (χ0) is 14.5. The topological polar surface area (TPSA) is 118 Å². The molecule has 4 N–H and O–H groups in total. The standard InChI is InChI=1S/C11H18N8O/c1-8(20)3-5-18(2)10-14-9(17-12)15-11(16-10)19-6-4-13-7-19/h4,6-8,20H,3,5,12H2,1-2H3,(H,14,15,16,17). The molecule has 2 aromatic rings. The van der Waals surface area contributed by atoms with Crippen molar-refractivity contribution < 1.29 is 5.11 Å². The summed E-state index contributed by atoms with van der Waals surface area (Å²) in [5.41, 5.74) is 2.42. The molecule has 0 saturated carbocycles. The van der Waals surface area contributed by atoms with Gasteiger partial charge < -0.3 is 10.0 Å². The number of aliphatic hydroxyl groups is 1. The third-order valence-electron chi connectivity index (χ3n) is 2.70. The summed E-state index contributed by atoms with van der Waals surface area (Å²) in [6.45, 7) is 2.36. The summed E-state index contributed by atoms with van der Waals surface area (Å²) < 4.78 is 1.66. The molecule has 2 rings (SSSR count). The van der Waals surface area contributed by atoms with E-state index >= 15 is 0 Å². The van der Waals surface area contributed by atoms with Gasteiger partial charge in [-0.15, -0.1) is 0 Å². The molecule has 1 unspecified atom stereocenters. The lowest BCUT2D eigenvalue weighted by Crippen LogP contribution is -2.25. The van der Waals surface area contributed by atoms with E-state index in [1.165, 1.54) is 0 Å². The molecule has 108 valence electrons. The van der Waals surface area contributed by atoms with Crippen LogP contribution >= 0.6 is 0 Å². The second-order valence-electron chi connectivity index (χ2n) is 4.43. The number of nitrogens with zero attached hydrogens (tertiary/aromatic N) is 6. The van der Waals surface area contributed by atoms with E-state index in [0.29, 0.717) is 24.9 Å². The second-order valence-corrected chi connectivity index (χ2v) is 4.43. The van der Waals surface area contributed by atoms with E-state index in [4.69, 9.17) is 5.84 Å². The average Bonchev–Trinajstić information content (AvgIpc) is 2.98. The number of nitrogens with two attached hydrogens (primary N) is 1. The smallest absolute Gasteiger partial charge is 0.243 e. The van der Waals surface area contributed by atoms with E-state index in [1.54, 1.807) is 30.2 Å². The maximum Gasteiger partial charge on any atom is 0.243 e. The van der Waals surface area contributed by atoms with Gasteiger partial charge in [-0.1, -0.05) is 0 Å². The Hall–Kier alpha value is -2.26. The van der Waals surface area contributed by atoms with Crippen LogP contribution in [-0.4, -0.2) is 49.3 Å². The monoisotopic (exact) mass is 278 g/mol. The number of anilines is 2. The Balaban J connectivity index is 2.26. The molecule has 0 amide bonds. The molecule has 20 heavy (non-hydrogen) atoms. The van der Waals surface area contributed by atoms with Crippen molar-refractivity contribution in [3.8, 4) is 5.95 Å². The first-order chi connectivity index (χ1) is 9.60. The Bertz CT molecular complexity index is 541. The highest BCUT2D eigenvalue weighted by molar-refractivity contribution is 5.38. The molecule has 0 fully saturated rings. The third-order valence-corrected chi connectivity index (χ3v) is 2.70. The Kier molecular flexibility index (Phi) is 4.43. The summed E-state index contributed by atoms with van der Waals surface area (Å²) in [5, 5.41) is 9.33. The minimum atomic E-state index is -0.375. The highest BCUT2D eigenvalue weighted by Crippen LogP contribution is 2.12. The lowest BCUT2D eigenvalue weighted by molar-refractivity contribution is 0.186. The average molecular weight is 278 g/mol. The number of aliphatic hydroxyl groups excluding tert-OH is 1. The fraction of sp³-hybridized carbons (Fsp3) is 0.455. The van der Waals surface area contributed by atoms with Gasteiger partial charge in [-0.25, -0.2) is 10.8 Å². The Morgan fingerprint density at radius 1 is 1.45 bits per heavy atom. The van der Waals surface area contributed by atoms with E-state index in [9.17, 15) is 5.11 Å². The van der Waals surface area contributed by atoms with Gasteiger partial charge in [0.1, 0.15) is 6.33 Å². The van der Waals surface area contributed by atoms with E-state index in [0.717, 1.165) is 0 Å². The summed E-state index contributed by atoms with van der Waals surface area (Å²) >= 11 is 0. The van der Waals surface area contributed by atoms with Crippen LogP contribution in [-0.2, 0) is 0 Å². The molecule has 0 aliphatic carbocycles. The fourth-order valence-electron chi connectivity index (χ4n) is 1.56. The van der Waals surface area contributed by atoms with Crippen LogP contribution in [0.1, 0.15) is 13.3 Å². The predicted octanol–water partition coefficient (Wildman–Crippen LogP) is -0.450. The first-order valence-electron chi connectivity index (χ1n) is 6.20. The fourth-order valence-corrected chi connectivity index (χ4v) is 1.56. The molecule has 2 aromatic heterocycles. The van der Waals surface area contributed by atoms with Gasteiger partial charge in [0.15, 0.2) is 0 Å². The van der Waals surface area contributed by atoms with Gasteiger partial charge in [-0.05, 0) is 13.3 Å². The SMILES string of the molecule is CC(O)CCN(C)c1nc(NN)nc(-n2ccnc2)n1. The minimum absolute atomic E-state index is 0.266. The van der Waals surface area contributed by atoms with Gasteiger partial charge in [0, 0.05) is 26.0 Å². The zero-order valence-corrected chi connectivity index (χ0v) is 11.4. The van der Waals surface area contributed by atoms with Gasteiger partial charge in [0.2, 0.25) is 17.8 Å². The Morgan fingerprint density at radius 2 is 2.25 bits per heavy atom. The molecule has 0 spiro atoms. The highest BCUT2D eigenvalue weighted by Gasteiger charge is 2.11. The van der Waals surface area contributed by atoms with E-state index in [-0.39, 0.29) is 12.1 Å². The number of imidazole rings is 1. The first-order valence-corrected chi connectivity index (χ1v) is 6.20. The lowest BCUT2D eigenvalue weighted by atomic mass is 10.3. The molecule has 0 aliphatic heterocycles. The molecular weight excluding hydrogens is 260 g/mol. The Morgan fingerprint density at radius 3 is 2.85 bits per heavy atom. The van der Waals surface area contributed by atoms with Crippen molar-refractivity contribution in [3.63, 3.8) is 0 Å². The summed E-state index contributed by atoms with van der Waals surface area (Å²) in [7, 11) is 1.84. The van der Waals surface area contributed by atoms with Crippen molar-refractivity contribution in [1.82, 2.24) is 24.5 Å². The highest BCUT2D eigenvalue weighted by atomic mass is 16.3. The van der Waals surface area contributed by atoms with Crippen LogP contribution in [0.2, 0.25) is 0 Å². The Labute approximate surface area is 116 Å². The first kappa shape index (κ1) is 14.2. The van der Waals surface area contributed by atoms with Crippen molar-refractivity contribution in [2.45, 2.75) is 19.4 Å². The van der Waals surface area contributed by atoms with Crippen molar-refractivity contribution in [2.75, 3.05) is 23.9 Å². The quantitative estimate of drug-likeness (QED) is 0.480. The number of hydrogen-bond acceptors (Lipinski definition) is 8. The number of hydrogen-bond donors (Lipinski definition) is 3. The van der Waals surface area contributed by atoms with Gasteiger partial charge >= 0.3 is 0 Å². The largest absolute Gasteiger partial charge is 0.393 e. The van der Waals surface area contributed by atoms with Gasteiger partial charge in [0.25, 0.3) is 0 Å². The normalized spacial score (nSPS) is 12.2. The van der Waals surface area contributed by atoms with Crippen molar-refractivity contribution >= 4 is 11.9 Å². The minimum Gasteiger partial charge on any atom is -0.393 e. The maximum atomic E-state index is 9.33. The van der Waals surface area contributed by atoms with Gasteiger partial charge in [-0.2, -0.15) is 15.0 Å². The van der Waals surface area contributed by atoms with Crippen molar-refractivity contribution in [2.24, 2.45) is 5.84 Å². The summed E-state index contributed by atoms with van der Waals surface area (Å²) in [6, 6.07) is 0. The van der Waals surface area contributed by atoms with E-state index in [1.807, 2.05) is 11.9 Å². The zero-order valence-electron chi connectivity index (χ0n) is 11.4. The van der Waals surface area contributed by atoms with Crippen LogP contribution in [0.15, 0.2) is 18.7 Å². The molecule has 2 heterocycles. The molecule has 0 radical (unpaired) electrons. The van der Waals surface area contributed by atoms with Crippen LogP contribution < -0.4 is 16.2 Å². The van der Waals surface area contributed by atoms with Crippen molar-refractivity contribution in [1.29, 1.82) is 0 Å². The summed E-state index contributed by atoms with van der Waals surface area (Å²) in [5.74, 6) is 6.53. The molecule has 0 saturated heterocycles. The summed E-state index contributed by atoms with van der Waals surface area (Å²) in [4.78, 5) is 18.5. The summed E-state index contributed by atoms with van der Waals surface area (Å²) in [6.07, 6.45) is 5.20. The molecule has 0 aromatic carbocycles. The van der Waals surface area contributed by atoms with E-state index in [2.05, 4.69) is 25.4 Å². The predicted molar refractivity (Wildman–Crippen MR) is 74.3 cm³/mol. The molecule has 0 aliphatic rings. The van der Waals surface area contributed by atoms with Crippen molar-refractivity contribution in [3.05, 3.63) is 18.7 Å². The van der Waals surface area contributed by atoms with Gasteiger partial charge in [0.05, 0.1) is 6.10 Å². The number of hydrazine groups is 1. The van der Waals surface area contributed by atoms with Crippen LogP contribution in [0.5, 0.6) is 0 Å². The molecule has 9 heteroatoms.